The molecule has 4 atom stereocenters. The van der Waals surface area contributed by atoms with Crippen molar-refractivity contribution in [3.05, 3.63) is 247 Å². The normalized spacial score (nSPS) is 20.4. The highest BCUT2D eigenvalue weighted by molar-refractivity contribution is 6.10. The van der Waals surface area contributed by atoms with E-state index in [-0.39, 0.29) is 23.3 Å². The zero-order valence-corrected chi connectivity index (χ0v) is 37.9. The Morgan fingerprint density at radius 1 is 0.609 bits per heavy atom. The second kappa shape index (κ2) is 16.2. The number of fused-ring (bicyclic) bond motifs is 7. The van der Waals surface area contributed by atoms with Crippen LogP contribution >= 0.6 is 0 Å². The first-order valence-electron chi connectivity index (χ1n) is 23.9. The van der Waals surface area contributed by atoms with Crippen LogP contribution in [0.15, 0.2) is 236 Å². The molecule has 7 aromatic carbocycles. The van der Waals surface area contributed by atoms with E-state index in [4.69, 9.17) is 0 Å². The average Bonchev–Trinajstić information content (AvgIpc) is 3.93. The summed E-state index contributed by atoms with van der Waals surface area (Å²) in [6.45, 7) is 0. The third-order valence-electron chi connectivity index (χ3n) is 14.8. The van der Waals surface area contributed by atoms with Gasteiger partial charge in [0.2, 0.25) is 0 Å². The summed E-state index contributed by atoms with van der Waals surface area (Å²) in [6, 6.07) is 63.5. The molecule has 8 aromatic rings. The Labute approximate surface area is 402 Å². The second-order valence-electron chi connectivity index (χ2n) is 18.7. The predicted octanol–water partition coefficient (Wildman–Crippen LogP) is 15.5. The zero-order valence-electron chi connectivity index (χ0n) is 37.9. The topological polar surface area (TPSA) is 62.2 Å². The van der Waals surface area contributed by atoms with Crippen LogP contribution in [0.3, 0.4) is 0 Å². The van der Waals surface area contributed by atoms with Crippen LogP contribution in [-0.4, -0.2) is 10.6 Å². The first kappa shape index (κ1) is 40.4. The van der Waals surface area contributed by atoms with Crippen molar-refractivity contribution < 1.29 is 0 Å². The Kier molecular flexibility index (Phi) is 9.49. The minimum Gasteiger partial charge on any atom is -0.337 e. The van der Waals surface area contributed by atoms with E-state index in [2.05, 4.69) is 232 Å². The van der Waals surface area contributed by atoms with E-state index >= 15 is 0 Å². The molecule has 0 bridgehead atoms. The molecule has 13 rings (SSSR count). The molecular weight excluding hydrogens is 841 g/mol. The molecule has 1 saturated carbocycles. The van der Waals surface area contributed by atoms with Gasteiger partial charge in [0.1, 0.15) is 0 Å². The number of benzene rings is 7. The standard InChI is InChI=1S/C63H46N6/c64-41-43-19-25-49(26-20-43)66(52-31-33-61-57(38-52)55-15-7-9-17-59(55)68(61)47-11-3-1-4-12-47)50-27-21-44(22-28-50)45-23-29-51(30-24-45)67(54-35-36-63(42-65)40-46(63)37-54)53-32-34-62-58(39-53)56-16-8-10-18-60(56)69(62)48-13-5-2-6-14-48/h1-5,7-13,15-39,46,56,60H,6,14,40H2. The van der Waals surface area contributed by atoms with Crippen LogP contribution in [0.2, 0.25) is 0 Å². The molecule has 0 N–H and O–H groups in total. The maximum atomic E-state index is 10.0. The van der Waals surface area contributed by atoms with Crippen LogP contribution in [0.5, 0.6) is 0 Å². The Bertz CT molecular complexity index is 3630. The molecule has 1 aliphatic heterocycles. The molecule has 0 saturated heterocycles. The number of rotatable bonds is 9. The van der Waals surface area contributed by atoms with E-state index in [0.717, 1.165) is 81.2 Å². The van der Waals surface area contributed by atoms with Crippen LogP contribution in [0, 0.1) is 34.0 Å². The lowest BCUT2D eigenvalue weighted by molar-refractivity contribution is 0.701. The number of para-hydroxylation sites is 2. The molecule has 69 heavy (non-hydrogen) atoms. The lowest BCUT2D eigenvalue weighted by Gasteiger charge is -2.31. The number of anilines is 6. The third kappa shape index (κ3) is 6.75. The van der Waals surface area contributed by atoms with Gasteiger partial charge in [-0.2, -0.15) is 10.5 Å². The molecular formula is C63H46N6. The van der Waals surface area contributed by atoms with Crippen molar-refractivity contribution in [2.45, 2.75) is 31.2 Å². The third-order valence-corrected chi connectivity index (χ3v) is 14.8. The van der Waals surface area contributed by atoms with Crippen molar-refractivity contribution >= 4 is 55.9 Å². The summed E-state index contributed by atoms with van der Waals surface area (Å²) in [5, 5.41) is 22.1. The predicted molar refractivity (Wildman–Crippen MR) is 281 cm³/mol. The molecule has 4 aliphatic carbocycles. The van der Waals surface area contributed by atoms with Crippen molar-refractivity contribution in [2.75, 3.05) is 14.7 Å². The average molecular weight is 887 g/mol. The summed E-state index contributed by atoms with van der Waals surface area (Å²) in [6.07, 6.45) is 25.4. The summed E-state index contributed by atoms with van der Waals surface area (Å²) in [5.74, 6) is 0.474. The van der Waals surface area contributed by atoms with Crippen LogP contribution in [0.4, 0.5) is 34.1 Å². The minimum absolute atomic E-state index is 0.218. The highest BCUT2D eigenvalue weighted by atomic mass is 15.2. The zero-order chi connectivity index (χ0) is 46.1. The van der Waals surface area contributed by atoms with E-state index in [1.807, 2.05) is 24.3 Å². The highest BCUT2D eigenvalue weighted by Gasteiger charge is 2.53. The second-order valence-corrected chi connectivity index (χ2v) is 18.7. The number of nitriles is 2. The van der Waals surface area contributed by atoms with Gasteiger partial charge < -0.3 is 19.3 Å². The quantitative estimate of drug-likeness (QED) is 0.144. The number of hydrogen-bond acceptors (Lipinski definition) is 5. The molecule has 1 aromatic heterocycles. The first-order chi connectivity index (χ1) is 34.1. The first-order valence-corrected chi connectivity index (χ1v) is 23.9. The van der Waals surface area contributed by atoms with Crippen molar-refractivity contribution in [2.24, 2.45) is 11.3 Å². The molecule has 6 heteroatoms. The Morgan fingerprint density at radius 2 is 1.28 bits per heavy atom. The molecule has 0 radical (unpaired) electrons. The number of allylic oxidation sites excluding steroid dienone is 9. The monoisotopic (exact) mass is 886 g/mol. The molecule has 4 unspecified atom stereocenters. The van der Waals surface area contributed by atoms with Gasteiger partial charge in [0.15, 0.2) is 0 Å². The van der Waals surface area contributed by atoms with Crippen LogP contribution < -0.4 is 14.7 Å². The summed E-state index contributed by atoms with van der Waals surface area (Å²) in [7, 11) is 0. The lowest BCUT2D eigenvalue weighted by atomic mass is 9.91. The van der Waals surface area contributed by atoms with Crippen LogP contribution in [-0.2, 0) is 0 Å². The minimum atomic E-state index is -0.372. The number of nitrogens with zero attached hydrogens (tertiary/aromatic N) is 6. The van der Waals surface area contributed by atoms with E-state index in [1.54, 1.807) is 0 Å². The number of aromatic nitrogens is 1. The summed E-state index contributed by atoms with van der Waals surface area (Å²) in [4.78, 5) is 7.19. The fourth-order valence-corrected chi connectivity index (χ4v) is 11.2. The van der Waals surface area contributed by atoms with Crippen LogP contribution in [0.25, 0.3) is 38.6 Å². The van der Waals surface area contributed by atoms with Gasteiger partial charge >= 0.3 is 0 Å². The van der Waals surface area contributed by atoms with Gasteiger partial charge in [0, 0.05) is 73.8 Å². The van der Waals surface area contributed by atoms with Gasteiger partial charge in [-0.15, -0.1) is 0 Å². The van der Waals surface area contributed by atoms with Gasteiger partial charge in [-0.05, 0) is 151 Å². The maximum absolute atomic E-state index is 10.0. The summed E-state index contributed by atoms with van der Waals surface area (Å²) in [5.41, 5.74) is 16.2. The molecule has 1 fully saturated rings. The molecule has 2 heterocycles. The van der Waals surface area contributed by atoms with E-state index in [0.29, 0.717) is 5.56 Å². The SMILES string of the molecule is N#Cc1ccc(N(c2ccc(-c3ccc(N(C4=CC5CC5(C#N)C=C4)c4ccc5c(c4)C4C=CC=CC4N5C4=CC=CCC4)cc3)cc2)c2ccc3c(c2)c2ccccc2n3-c2ccccc2)cc1. The van der Waals surface area contributed by atoms with Gasteiger partial charge in [0.05, 0.1) is 40.2 Å². The van der Waals surface area contributed by atoms with Gasteiger partial charge in [-0.1, -0.05) is 109 Å². The largest absolute Gasteiger partial charge is 0.337 e. The molecule has 0 spiro atoms. The summed E-state index contributed by atoms with van der Waals surface area (Å²) >= 11 is 0. The lowest BCUT2D eigenvalue weighted by Crippen LogP contribution is -2.32. The molecule has 5 aliphatic rings. The van der Waals surface area contributed by atoms with Crippen LogP contribution in [0.1, 0.15) is 36.3 Å². The van der Waals surface area contributed by atoms with E-state index < -0.39 is 0 Å². The van der Waals surface area contributed by atoms with Crippen molar-refractivity contribution in [1.29, 1.82) is 10.5 Å². The van der Waals surface area contributed by atoms with Crippen molar-refractivity contribution in [3.8, 4) is 29.0 Å². The Morgan fingerprint density at radius 3 is 2.00 bits per heavy atom. The Hall–Kier alpha value is -8.84. The van der Waals surface area contributed by atoms with E-state index in [1.165, 1.54) is 27.7 Å². The van der Waals surface area contributed by atoms with Gasteiger partial charge in [0.25, 0.3) is 0 Å². The van der Waals surface area contributed by atoms with Crippen molar-refractivity contribution in [3.63, 3.8) is 0 Å². The summed E-state index contributed by atoms with van der Waals surface area (Å²) < 4.78 is 2.34. The Balaban J connectivity index is 0.854. The molecule has 0 amide bonds. The molecule has 328 valence electrons. The highest BCUT2D eigenvalue weighted by Crippen LogP contribution is 2.58. The maximum Gasteiger partial charge on any atom is 0.0991 e. The fourth-order valence-electron chi connectivity index (χ4n) is 11.2. The number of hydrogen-bond donors (Lipinski definition) is 0. The van der Waals surface area contributed by atoms with E-state index in [9.17, 15) is 10.5 Å². The smallest absolute Gasteiger partial charge is 0.0991 e. The molecule has 6 nitrogen and oxygen atoms in total. The van der Waals surface area contributed by atoms with Crippen molar-refractivity contribution in [1.82, 2.24) is 4.57 Å². The van der Waals surface area contributed by atoms with Gasteiger partial charge in [-0.25, -0.2) is 0 Å². The fraction of sp³-hybridized carbons (Fsp3) is 0.111. The van der Waals surface area contributed by atoms with Gasteiger partial charge in [-0.3, -0.25) is 0 Å².